The van der Waals surface area contributed by atoms with E-state index >= 15 is 0 Å². The molecule has 0 bridgehead atoms. The van der Waals surface area contributed by atoms with Gasteiger partial charge in [-0.05, 0) is 82.5 Å². The van der Waals surface area contributed by atoms with Crippen molar-refractivity contribution in [2.75, 3.05) is 13.2 Å². The Hall–Kier alpha value is -1.23. The summed E-state index contributed by atoms with van der Waals surface area (Å²) in [6.07, 6.45) is 9.30. The number of nitrogens with two attached hydrogens (primary N) is 1. The van der Waals surface area contributed by atoms with Gasteiger partial charge in [0.15, 0.2) is 11.1 Å². The fraction of sp³-hybridized carbons (Fsp3) is 0.929. The van der Waals surface area contributed by atoms with E-state index in [1.54, 1.807) is 0 Å². The van der Waals surface area contributed by atoms with Crippen molar-refractivity contribution in [1.29, 1.82) is 0 Å². The first-order chi connectivity index (χ1) is 20.4. The number of esters is 1. The maximum atomic E-state index is 13.2. The van der Waals surface area contributed by atoms with E-state index in [1.807, 2.05) is 0 Å². The van der Waals surface area contributed by atoms with Gasteiger partial charge in [0, 0.05) is 12.8 Å². The highest BCUT2D eigenvalue weighted by Crippen LogP contribution is 2.36. The second kappa shape index (κ2) is 17.3. The maximum absolute atomic E-state index is 13.2. The number of aliphatic carboxylic acids is 1. The summed E-state index contributed by atoms with van der Waals surface area (Å²) in [5.41, 5.74) is 0. The summed E-state index contributed by atoms with van der Waals surface area (Å²) >= 11 is -1.57. The van der Waals surface area contributed by atoms with Crippen LogP contribution in [0.2, 0.25) is 0 Å². The summed E-state index contributed by atoms with van der Waals surface area (Å²) in [4.78, 5) is 49.7. The first-order valence-corrected chi connectivity index (χ1v) is 16.6. The van der Waals surface area contributed by atoms with Crippen LogP contribution in [0.4, 0.5) is 0 Å². The minimum atomic E-state index is -1.57. The summed E-state index contributed by atoms with van der Waals surface area (Å²) < 4.78 is 25.0. The van der Waals surface area contributed by atoms with Gasteiger partial charge in [-0.2, -0.15) is 5.90 Å². The third-order valence-electron chi connectivity index (χ3n) is 9.40. The van der Waals surface area contributed by atoms with Crippen molar-refractivity contribution >= 4 is 23.0 Å². The molecular formula is C28H47NO12S. The van der Waals surface area contributed by atoms with Gasteiger partial charge in [-0.25, -0.2) is 23.8 Å². The summed E-state index contributed by atoms with van der Waals surface area (Å²) in [7, 11) is 0. The minimum Gasteiger partial charge on any atom is -0.481 e. The van der Waals surface area contributed by atoms with Gasteiger partial charge in [-0.3, -0.25) is 19.0 Å². The molecule has 4 rings (SSSR count). The minimum absolute atomic E-state index is 0.144. The van der Waals surface area contributed by atoms with Crippen LogP contribution in [0.3, 0.4) is 0 Å². The van der Waals surface area contributed by atoms with Crippen molar-refractivity contribution in [3.8, 4) is 0 Å². The molecule has 0 saturated heterocycles. The number of ether oxygens (including phenoxy) is 1. The molecule has 0 radical (unpaired) electrons. The average molecular weight is 622 g/mol. The molecule has 0 spiro atoms. The van der Waals surface area contributed by atoms with E-state index in [0.717, 1.165) is 51.4 Å². The molecular weight excluding hydrogens is 574 g/mol. The van der Waals surface area contributed by atoms with Crippen LogP contribution < -0.4 is 5.90 Å². The molecule has 0 amide bonds. The highest BCUT2D eigenvalue weighted by atomic mass is 32.2. The lowest BCUT2D eigenvalue weighted by Crippen LogP contribution is -2.41. The zero-order valence-corrected chi connectivity index (χ0v) is 25.0. The normalized spacial score (nSPS) is 36.7. The molecule has 4 N–H and O–H groups in total. The average Bonchev–Trinajstić information content (AvgIpc) is 2.98. The lowest BCUT2D eigenvalue weighted by Gasteiger charge is -2.34. The van der Waals surface area contributed by atoms with E-state index in [9.17, 15) is 18.9 Å². The van der Waals surface area contributed by atoms with Crippen molar-refractivity contribution in [2.24, 2.45) is 29.6 Å². The molecule has 0 heterocycles. The molecule has 4 aliphatic carbocycles. The van der Waals surface area contributed by atoms with E-state index < -0.39 is 47.1 Å². The Bertz CT molecular complexity index is 878. The van der Waals surface area contributed by atoms with Crippen LogP contribution in [-0.4, -0.2) is 69.4 Å². The molecule has 242 valence electrons. The first-order valence-electron chi connectivity index (χ1n) is 15.5. The standard InChI is InChI=1S/C28H47NO12S/c29-41-39-22-11-12-25(27(30)31)26(15-22)28(32)37-20-7-4-10-24(14-20)42(34)40-23-9-3-8-21(13-23)38-36-17-19-6-2-1-5-18(19)16-35-33/h18-26,33H,1-17,29H2,(H,30,31). The number of carboxylic acids is 1. The molecule has 4 saturated carbocycles. The van der Waals surface area contributed by atoms with Crippen molar-refractivity contribution in [3.63, 3.8) is 0 Å². The van der Waals surface area contributed by atoms with Crippen LogP contribution in [0.15, 0.2) is 0 Å². The fourth-order valence-corrected chi connectivity index (χ4v) is 8.35. The molecule has 13 nitrogen and oxygen atoms in total. The van der Waals surface area contributed by atoms with Gasteiger partial charge in [0.1, 0.15) is 6.10 Å². The lowest BCUT2D eigenvalue weighted by molar-refractivity contribution is -0.341. The number of hydrogen-bond donors (Lipinski definition) is 3. The largest absolute Gasteiger partial charge is 0.481 e. The number of carboxylic acid groups (broad SMARTS) is 1. The van der Waals surface area contributed by atoms with Gasteiger partial charge < -0.3 is 9.84 Å². The van der Waals surface area contributed by atoms with Gasteiger partial charge >= 0.3 is 11.9 Å². The topological polar surface area (TPSA) is 182 Å². The van der Waals surface area contributed by atoms with Crippen molar-refractivity contribution in [1.82, 2.24) is 0 Å². The quantitative estimate of drug-likeness (QED) is 0.145. The number of hydrogen-bond acceptors (Lipinski definition) is 12. The van der Waals surface area contributed by atoms with Crippen LogP contribution in [0.5, 0.6) is 0 Å². The Morgan fingerprint density at radius 1 is 0.738 bits per heavy atom. The van der Waals surface area contributed by atoms with Crippen LogP contribution in [-0.2, 0) is 54.1 Å². The summed E-state index contributed by atoms with van der Waals surface area (Å²) in [6.45, 7) is 0.760. The predicted octanol–water partition coefficient (Wildman–Crippen LogP) is 3.77. The second-order valence-corrected chi connectivity index (χ2v) is 13.7. The Labute approximate surface area is 249 Å². The zero-order chi connectivity index (χ0) is 29.9. The number of rotatable bonds is 14. The predicted molar refractivity (Wildman–Crippen MR) is 147 cm³/mol. The highest BCUT2D eigenvalue weighted by molar-refractivity contribution is 7.80. The first kappa shape index (κ1) is 33.7. The zero-order valence-electron chi connectivity index (χ0n) is 24.2. The molecule has 4 aliphatic rings. The Balaban J connectivity index is 1.20. The van der Waals surface area contributed by atoms with Crippen molar-refractivity contribution in [3.05, 3.63) is 0 Å². The molecule has 0 aliphatic heterocycles. The summed E-state index contributed by atoms with van der Waals surface area (Å²) in [6, 6.07) is 0. The molecule has 10 atom stereocenters. The van der Waals surface area contributed by atoms with Gasteiger partial charge in [0.2, 0.25) is 0 Å². The Morgan fingerprint density at radius 3 is 2.17 bits per heavy atom. The lowest BCUT2D eigenvalue weighted by atomic mass is 9.78. The molecule has 0 aromatic heterocycles. The molecule has 0 aromatic carbocycles. The van der Waals surface area contributed by atoms with Crippen LogP contribution >= 0.6 is 0 Å². The third-order valence-corrected chi connectivity index (χ3v) is 10.8. The second-order valence-electron chi connectivity index (χ2n) is 12.3. The SMILES string of the molecule is NOOC1CCC(C(=O)O)C(C(=O)OC2CCCC(S(=O)OC3CCCC(OOCC4CCCCC4COO)C3)C2)C1. The van der Waals surface area contributed by atoms with E-state index in [4.69, 9.17) is 34.7 Å². The monoisotopic (exact) mass is 621 g/mol. The molecule has 10 unspecified atom stereocenters. The van der Waals surface area contributed by atoms with Crippen LogP contribution in [0, 0.1) is 23.7 Å². The maximum Gasteiger partial charge on any atom is 0.310 e. The summed E-state index contributed by atoms with van der Waals surface area (Å²) in [5.74, 6) is 2.17. The van der Waals surface area contributed by atoms with Gasteiger partial charge in [-0.15, -0.1) is 4.99 Å². The van der Waals surface area contributed by atoms with Crippen molar-refractivity contribution < 1.29 is 57.6 Å². The van der Waals surface area contributed by atoms with E-state index in [1.165, 1.54) is 0 Å². The molecule has 14 heteroatoms. The number of carbonyl (C=O) groups is 2. The molecule has 42 heavy (non-hydrogen) atoms. The molecule has 0 aromatic rings. The van der Waals surface area contributed by atoms with Crippen molar-refractivity contribution in [2.45, 2.75) is 126 Å². The van der Waals surface area contributed by atoms with Gasteiger partial charge in [-0.1, -0.05) is 12.8 Å². The van der Waals surface area contributed by atoms with Gasteiger partial charge in [0.25, 0.3) is 0 Å². The number of carbonyl (C=O) groups excluding carboxylic acids is 1. The molecule has 4 fully saturated rings. The third kappa shape index (κ3) is 9.89. The van der Waals surface area contributed by atoms with Crippen LogP contribution in [0.25, 0.3) is 0 Å². The van der Waals surface area contributed by atoms with E-state index in [-0.39, 0.29) is 42.1 Å². The Morgan fingerprint density at radius 2 is 1.43 bits per heavy atom. The van der Waals surface area contributed by atoms with E-state index in [2.05, 4.69) is 9.88 Å². The highest BCUT2D eigenvalue weighted by Gasteiger charge is 2.42. The smallest absolute Gasteiger partial charge is 0.310 e. The van der Waals surface area contributed by atoms with Gasteiger partial charge in [0.05, 0.1) is 48.6 Å². The summed E-state index contributed by atoms with van der Waals surface area (Å²) in [5, 5.41) is 18.2. The van der Waals surface area contributed by atoms with Crippen LogP contribution in [0.1, 0.15) is 96.3 Å². The van der Waals surface area contributed by atoms with E-state index in [0.29, 0.717) is 45.3 Å². The Kier molecular flexibility index (Phi) is 13.9. The fourth-order valence-electron chi connectivity index (χ4n) is 7.02.